The van der Waals surface area contributed by atoms with Gasteiger partial charge in [-0.25, -0.2) is 4.39 Å². The van der Waals surface area contributed by atoms with Gasteiger partial charge in [0, 0.05) is 5.56 Å². The minimum Gasteiger partial charge on any atom is -0.494 e. The Morgan fingerprint density at radius 2 is 2.25 bits per heavy atom. The van der Waals surface area contributed by atoms with Crippen LogP contribution in [0, 0.1) is 5.82 Å². The zero-order valence-corrected chi connectivity index (χ0v) is 11.0. The van der Waals surface area contributed by atoms with Crippen molar-refractivity contribution < 1.29 is 18.8 Å². The van der Waals surface area contributed by atoms with Crippen molar-refractivity contribution in [3.8, 4) is 17.1 Å². The van der Waals surface area contributed by atoms with Gasteiger partial charge in [-0.05, 0) is 37.5 Å². The van der Waals surface area contributed by atoms with Crippen LogP contribution in [0.25, 0.3) is 11.4 Å². The molecule has 0 saturated heterocycles. The zero-order chi connectivity index (χ0) is 14.1. The molecule has 20 heavy (non-hydrogen) atoms. The molecular formula is C14H15FN2O3. The summed E-state index contributed by atoms with van der Waals surface area (Å²) in [5.74, 6) is 0.408. The first-order chi connectivity index (χ1) is 9.69. The van der Waals surface area contributed by atoms with Crippen molar-refractivity contribution in [1.29, 1.82) is 0 Å². The number of aromatic nitrogens is 2. The lowest BCUT2D eigenvalue weighted by Crippen LogP contribution is -2.11. The van der Waals surface area contributed by atoms with Crippen LogP contribution in [-0.4, -0.2) is 28.5 Å². The van der Waals surface area contributed by atoms with E-state index in [0.29, 0.717) is 17.3 Å². The van der Waals surface area contributed by atoms with Crippen molar-refractivity contribution in [3.63, 3.8) is 0 Å². The van der Waals surface area contributed by atoms with Crippen molar-refractivity contribution >= 4 is 0 Å². The number of nitrogens with zero attached hydrogens (tertiary/aromatic N) is 2. The van der Waals surface area contributed by atoms with Crippen LogP contribution in [-0.2, 0) is 0 Å². The number of hydrogen-bond donors (Lipinski definition) is 1. The molecule has 0 spiro atoms. The number of ether oxygens (including phenoxy) is 1. The highest BCUT2D eigenvalue weighted by Gasteiger charge is 2.31. The van der Waals surface area contributed by atoms with E-state index in [1.165, 1.54) is 19.2 Å². The van der Waals surface area contributed by atoms with Crippen LogP contribution >= 0.6 is 0 Å². The largest absolute Gasteiger partial charge is 0.494 e. The summed E-state index contributed by atoms with van der Waals surface area (Å²) in [7, 11) is 1.40. The molecule has 1 aliphatic carbocycles. The molecule has 2 atom stereocenters. The molecule has 106 valence electrons. The molecule has 6 heteroatoms. The number of halogens is 1. The molecule has 1 N–H and O–H groups in total. The molecule has 2 aromatic rings. The maximum atomic E-state index is 13.4. The molecule has 5 nitrogen and oxygen atoms in total. The van der Waals surface area contributed by atoms with Crippen molar-refractivity contribution in [2.75, 3.05) is 7.11 Å². The molecule has 0 bridgehead atoms. The third-order valence-electron chi connectivity index (χ3n) is 3.65. The standard InChI is InChI=1S/C14H15FN2O3/c1-19-12-7-8(5-6-10(12)15)13-16-14(20-17-13)9-3-2-4-11(9)18/h5-7,9,11,18H,2-4H2,1H3. The van der Waals surface area contributed by atoms with E-state index in [1.54, 1.807) is 6.07 Å². The Labute approximate surface area is 115 Å². The van der Waals surface area contributed by atoms with Gasteiger partial charge < -0.3 is 14.4 Å². The number of aliphatic hydroxyl groups excluding tert-OH is 1. The Morgan fingerprint density at radius 1 is 1.40 bits per heavy atom. The number of hydrogen-bond acceptors (Lipinski definition) is 5. The van der Waals surface area contributed by atoms with Gasteiger partial charge in [0.2, 0.25) is 11.7 Å². The second-order valence-corrected chi connectivity index (χ2v) is 4.91. The molecule has 2 unspecified atom stereocenters. The molecule has 1 saturated carbocycles. The molecule has 0 amide bonds. The Balaban J connectivity index is 1.90. The predicted octanol–water partition coefficient (Wildman–Crippen LogP) is 2.51. The summed E-state index contributed by atoms with van der Waals surface area (Å²) in [6.07, 6.45) is 2.13. The molecule has 1 aliphatic rings. The summed E-state index contributed by atoms with van der Waals surface area (Å²) in [5.41, 5.74) is 0.616. The van der Waals surface area contributed by atoms with E-state index in [9.17, 15) is 9.50 Å². The third kappa shape index (κ3) is 2.27. The van der Waals surface area contributed by atoms with Gasteiger partial charge in [-0.3, -0.25) is 0 Å². The SMILES string of the molecule is COc1cc(-c2noc(C3CCCC3O)n2)ccc1F. The molecule has 1 heterocycles. The van der Waals surface area contributed by atoms with E-state index in [0.717, 1.165) is 19.3 Å². The predicted molar refractivity (Wildman–Crippen MR) is 68.8 cm³/mol. The highest BCUT2D eigenvalue weighted by molar-refractivity contribution is 5.57. The van der Waals surface area contributed by atoms with Crippen LogP contribution in [0.2, 0.25) is 0 Å². The fourth-order valence-corrected chi connectivity index (χ4v) is 2.53. The Kier molecular flexibility index (Phi) is 3.40. The fourth-order valence-electron chi connectivity index (χ4n) is 2.53. The number of benzene rings is 1. The summed E-state index contributed by atoms with van der Waals surface area (Å²) in [6.45, 7) is 0. The number of rotatable bonds is 3. The van der Waals surface area contributed by atoms with Gasteiger partial charge >= 0.3 is 0 Å². The van der Waals surface area contributed by atoms with Crippen molar-refractivity contribution in [1.82, 2.24) is 10.1 Å². The first kappa shape index (κ1) is 13.1. The highest BCUT2D eigenvalue weighted by Crippen LogP contribution is 2.34. The molecule has 0 radical (unpaired) electrons. The van der Waals surface area contributed by atoms with Crippen molar-refractivity contribution in [2.24, 2.45) is 0 Å². The Morgan fingerprint density at radius 3 is 2.95 bits per heavy atom. The topological polar surface area (TPSA) is 68.4 Å². The average Bonchev–Trinajstić information content (AvgIpc) is 3.08. The fraction of sp³-hybridized carbons (Fsp3) is 0.429. The van der Waals surface area contributed by atoms with E-state index >= 15 is 0 Å². The van der Waals surface area contributed by atoms with Crippen LogP contribution in [0.3, 0.4) is 0 Å². The average molecular weight is 278 g/mol. The minimum atomic E-state index is -0.439. The van der Waals surface area contributed by atoms with E-state index in [-0.39, 0.29) is 11.7 Å². The summed E-state index contributed by atoms with van der Waals surface area (Å²) in [5, 5.41) is 13.7. The Bertz CT molecular complexity index is 614. The van der Waals surface area contributed by atoms with Gasteiger partial charge in [-0.1, -0.05) is 5.16 Å². The van der Waals surface area contributed by atoms with E-state index in [4.69, 9.17) is 9.26 Å². The lowest BCUT2D eigenvalue weighted by molar-refractivity contribution is 0.148. The van der Waals surface area contributed by atoms with Gasteiger partial charge in [0.05, 0.1) is 19.1 Å². The summed E-state index contributed by atoms with van der Waals surface area (Å²) in [6, 6.07) is 4.39. The molecule has 1 fully saturated rings. The molecular weight excluding hydrogens is 263 g/mol. The summed E-state index contributed by atoms with van der Waals surface area (Å²) < 4.78 is 23.5. The van der Waals surface area contributed by atoms with Gasteiger partial charge in [-0.15, -0.1) is 0 Å². The molecule has 0 aliphatic heterocycles. The van der Waals surface area contributed by atoms with E-state index in [1.807, 2.05) is 0 Å². The van der Waals surface area contributed by atoms with Crippen LogP contribution in [0.4, 0.5) is 4.39 Å². The first-order valence-corrected chi connectivity index (χ1v) is 6.54. The maximum absolute atomic E-state index is 13.4. The van der Waals surface area contributed by atoms with E-state index in [2.05, 4.69) is 10.1 Å². The summed E-state index contributed by atoms with van der Waals surface area (Å²) >= 11 is 0. The maximum Gasteiger partial charge on any atom is 0.232 e. The molecule has 1 aromatic heterocycles. The van der Waals surface area contributed by atoms with Crippen LogP contribution in [0.1, 0.15) is 31.1 Å². The van der Waals surface area contributed by atoms with E-state index < -0.39 is 11.9 Å². The second-order valence-electron chi connectivity index (χ2n) is 4.91. The van der Waals surface area contributed by atoms with Crippen LogP contribution in [0.15, 0.2) is 22.7 Å². The quantitative estimate of drug-likeness (QED) is 0.934. The first-order valence-electron chi connectivity index (χ1n) is 6.54. The molecule has 1 aromatic carbocycles. The van der Waals surface area contributed by atoms with Gasteiger partial charge in [-0.2, -0.15) is 4.98 Å². The van der Waals surface area contributed by atoms with Gasteiger partial charge in [0.15, 0.2) is 11.6 Å². The van der Waals surface area contributed by atoms with Gasteiger partial charge in [0.25, 0.3) is 0 Å². The van der Waals surface area contributed by atoms with Crippen molar-refractivity contribution in [2.45, 2.75) is 31.3 Å². The smallest absolute Gasteiger partial charge is 0.232 e. The zero-order valence-electron chi connectivity index (χ0n) is 11.0. The number of aliphatic hydroxyl groups is 1. The van der Waals surface area contributed by atoms with Crippen molar-refractivity contribution in [3.05, 3.63) is 29.9 Å². The van der Waals surface area contributed by atoms with Gasteiger partial charge in [0.1, 0.15) is 0 Å². The number of methoxy groups -OCH3 is 1. The lowest BCUT2D eigenvalue weighted by Gasteiger charge is -2.07. The summed E-state index contributed by atoms with van der Waals surface area (Å²) in [4.78, 5) is 4.30. The second kappa shape index (κ2) is 5.20. The monoisotopic (exact) mass is 278 g/mol. The third-order valence-corrected chi connectivity index (χ3v) is 3.65. The molecule has 3 rings (SSSR count). The normalized spacial score (nSPS) is 22.1. The minimum absolute atomic E-state index is 0.0985. The van der Waals surface area contributed by atoms with Crippen LogP contribution < -0.4 is 4.74 Å². The van der Waals surface area contributed by atoms with Crippen LogP contribution in [0.5, 0.6) is 5.75 Å². The lowest BCUT2D eigenvalue weighted by atomic mass is 10.1. The Hall–Kier alpha value is -1.95. The highest BCUT2D eigenvalue weighted by atomic mass is 19.1.